The molecule has 2 aromatic carbocycles. The average molecular weight is 620 g/mol. The number of rotatable bonds is 5. The monoisotopic (exact) mass is 617 g/mol. The minimum absolute atomic E-state index is 0.0673. The van der Waals surface area contributed by atoms with Gasteiger partial charge in [0.25, 0.3) is 11.8 Å². The largest absolute Gasteiger partial charge is 0.350 e. The summed E-state index contributed by atoms with van der Waals surface area (Å²) in [5, 5.41) is 11.5. The van der Waals surface area contributed by atoms with Gasteiger partial charge in [0.1, 0.15) is 5.69 Å². The molecule has 0 fully saturated rings. The lowest BCUT2D eigenvalue weighted by atomic mass is 10.1. The zero-order chi connectivity index (χ0) is 25.4. The standard InChI is InChI=1S/C25H22Br2ClN5O2/c1-12(2)30-24(34)18-11-16(27)8-13(3)20(18)31-25(35)22-17-10-15(26)9-14(4)21(17)32-33(22)23-19(28)6-5-7-29-23/h5-12H,1-4H3,(H,30,34)(H,31,35). The van der Waals surface area contributed by atoms with Gasteiger partial charge >= 0.3 is 0 Å². The van der Waals surface area contributed by atoms with E-state index < -0.39 is 5.91 Å². The molecule has 0 saturated heterocycles. The Bertz CT molecular complexity index is 1480. The van der Waals surface area contributed by atoms with Crippen LogP contribution in [0.4, 0.5) is 5.69 Å². The molecule has 2 N–H and O–H groups in total. The van der Waals surface area contributed by atoms with Crippen LogP contribution in [0.2, 0.25) is 5.02 Å². The maximum Gasteiger partial charge on any atom is 0.275 e. The van der Waals surface area contributed by atoms with Crippen molar-refractivity contribution in [3.63, 3.8) is 0 Å². The van der Waals surface area contributed by atoms with Crippen LogP contribution in [0.5, 0.6) is 0 Å². The number of aryl methyl sites for hydroxylation is 2. The molecule has 0 radical (unpaired) electrons. The molecule has 0 atom stereocenters. The molecule has 10 heteroatoms. The number of pyridine rings is 1. The highest BCUT2D eigenvalue weighted by Crippen LogP contribution is 2.32. The Balaban J connectivity index is 1.90. The first-order valence-electron chi connectivity index (χ1n) is 10.8. The van der Waals surface area contributed by atoms with Crippen molar-refractivity contribution in [2.45, 2.75) is 33.7 Å². The Morgan fingerprint density at radius 3 is 2.40 bits per heavy atom. The number of hydrogen-bond donors (Lipinski definition) is 2. The maximum atomic E-state index is 13.8. The fourth-order valence-corrected chi connectivity index (χ4v) is 5.16. The lowest BCUT2D eigenvalue weighted by molar-refractivity contribution is 0.0944. The number of amides is 2. The van der Waals surface area contributed by atoms with Crippen LogP contribution >= 0.6 is 43.5 Å². The number of aromatic nitrogens is 3. The third kappa shape index (κ3) is 5.12. The smallest absolute Gasteiger partial charge is 0.275 e. The second kappa shape index (κ2) is 10.1. The molecular weight excluding hydrogens is 598 g/mol. The molecule has 0 aliphatic heterocycles. The SMILES string of the molecule is Cc1cc(Br)cc(C(=O)NC(C)C)c1NC(=O)c1c2cc(Br)cc(C)c2nn1-c1ncccc1Cl. The molecule has 4 rings (SSSR count). The molecule has 0 bridgehead atoms. The minimum atomic E-state index is -0.448. The van der Waals surface area contributed by atoms with Crippen molar-refractivity contribution in [1.29, 1.82) is 0 Å². The van der Waals surface area contributed by atoms with E-state index in [2.05, 4.69) is 52.6 Å². The predicted molar refractivity (Wildman–Crippen MR) is 146 cm³/mol. The Morgan fingerprint density at radius 2 is 1.71 bits per heavy atom. The van der Waals surface area contributed by atoms with Crippen LogP contribution in [0.3, 0.4) is 0 Å². The molecule has 2 amide bonds. The van der Waals surface area contributed by atoms with Crippen LogP contribution in [-0.2, 0) is 0 Å². The van der Waals surface area contributed by atoms with E-state index in [0.717, 1.165) is 20.1 Å². The summed E-state index contributed by atoms with van der Waals surface area (Å²) in [5.41, 5.74) is 3.27. The van der Waals surface area contributed by atoms with Crippen molar-refractivity contribution in [1.82, 2.24) is 20.1 Å². The van der Waals surface area contributed by atoms with Gasteiger partial charge in [0.05, 0.1) is 21.8 Å². The average Bonchev–Trinajstić information content (AvgIpc) is 3.14. The van der Waals surface area contributed by atoms with Gasteiger partial charge in [-0.3, -0.25) is 9.59 Å². The molecule has 180 valence electrons. The van der Waals surface area contributed by atoms with E-state index in [-0.39, 0.29) is 17.6 Å². The molecule has 0 aliphatic carbocycles. The third-order valence-corrected chi connectivity index (χ3v) is 6.50. The van der Waals surface area contributed by atoms with Crippen LogP contribution in [0.25, 0.3) is 16.7 Å². The molecular formula is C25H22Br2ClN5O2. The molecule has 7 nitrogen and oxygen atoms in total. The highest BCUT2D eigenvalue weighted by molar-refractivity contribution is 9.10. The second-order valence-electron chi connectivity index (χ2n) is 8.42. The highest BCUT2D eigenvalue weighted by atomic mass is 79.9. The molecule has 2 heterocycles. The summed E-state index contributed by atoms with van der Waals surface area (Å²) >= 11 is 13.4. The number of halogens is 3. The van der Waals surface area contributed by atoms with E-state index in [1.807, 2.05) is 45.9 Å². The summed E-state index contributed by atoms with van der Waals surface area (Å²) < 4.78 is 2.99. The summed E-state index contributed by atoms with van der Waals surface area (Å²) in [5.74, 6) is -0.406. The maximum absolute atomic E-state index is 13.8. The molecule has 35 heavy (non-hydrogen) atoms. The number of benzene rings is 2. The van der Waals surface area contributed by atoms with E-state index >= 15 is 0 Å². The predicted octanol–water partition coefficient (Wildman–Crippen LogP) is 6.61. The first-order chi connectivity index (χ1) is 16.6. The fraction of sp³-hybridized carbons (Fsp3) is 0.200. The normalized spacial score (nSPS) is 11.2. The Morgan fingerprint density at radius 1 is 1.03 bits per heavy atom. The number of nitrogens with one attached hydrogen (secondary N) is 2. The summed E-state index contributed by atoms with van der Waals surface area (Å²) in [6.45, 7) is 7.50. The Kier molecular flexibility index (Phi) is 7.30. The van der Waals surface area contributed by atoms with E-state index in [1.54, 1.807) is 24.4 Å². The fourth-order valence-electron chi connectivity index (χ4n) is 3.82. The van der Waals surface area contributed by atoms with E-state index in [1.165, 1.54) is 4.68 Å². The Labute approximate surface area is 224 Å². The number of anilines is 1. The van der Waals surface area contributed by atoms with E-state index in [9.17, 15) is 9.59 Å². The summed E-state index contributed by atoms with van der Waals surface area (Å²) in [6, 6.07) is 10.6. The van der Waals surface area contributed by atoms with Crippen molar-refractivity contribution in [3.8, 4) is 5.82 Å². The van der Waals surface area contributed by atoms with Crippen molar-refractivity contribution in [3.05, 3.63) is 78.9 Å². The molecule has 2 aromatic heterocycles. The van der Waals surface area contributed by atoms with Gasteiger partial charge in [-0.05, 0) is 75.2 Å². The third-order valence-electron chi connectivity index (χ3n) is 5.29. The zero-order valence-electron chi connectivity index (χ0n) is 19.4. The number of carbonyl (C=O) groups excluding carboxylic acids is 2. The molecule has 4 aromatic rings. The Hall–Kier alpha value is -2.75. The van der Waals surface area contributed by atoms with Gasteiger partial charge in [-0.15, -0.1) is 0 Å². The topological polar surface area (TPSA) is 88.9 Å². The lowest BCUT2D eigenvalue weighted by Gasteiger charge is -2.17. The number of hydrogen-bond acceptors (Lipinski definition) is 4. The first kappa shape index (κ1) is 25.3. The van der Waals surface area contributed by atoms with Gasteiger partial charge < -0.3 is 10.6 Å². The van der Waals surface area contributed by atoms with Gasteiger partial charge in [0, 0.05) is 26.6 Å². The van der Waals surface area contributed by atoms with Gasteiger partial charge in [0.2, 0.25) is 0 Å². The summed E-state index contributed by atoms with van der Waals surface area (Å²) in [4.78, 5) is 31.2. The van der Waals surface area contributed by atoms with Crippen molar-refractivity contribution < 1.29 is 9.59 Å². The second-order valence-corrected chi connectivity index (χ2v) is 10.7. The van der Waals surface area contributed by atoms with Crippen molar-refractivity contribution in [2.24, 2.45) is 0 Å². The van der Waals surface area contributed by atoms with Crippen LogP contribution in [0, 0.1) is 13.8 Å². The van der Waals surface area contributed by atoms with Gasteiger partial charge in [0.15, 0.2) is 5.82 Å². The van der Waals surface area contributed by atoms with Gasteiger partial charge in [-0.25, -0.2) is 9.67 Å². The molecule has 0 spiro atoms. The molecule has 0 saturated carbocycles. The zero-order valence-corrected chi connectivity index (χ0v) is 23.3. The summed E-state index contributed by atoms with van der Waals surface area (Å²) in [6.07, 6.45) is 1.59. The van der Waals surface area contributed by atoms with Crippen molar-refractivity contribution in [2.75, 3.05) is 5.32 Å². The number of fused-ring (bicyclic) bond motifs is 1. The minimum Gasteiger partial charge on any atom is -0.350 e. The number of carbonyl (C=O) groups is 2. The van der Waals surface area contributed by atoms with Crippen molar-refractivity contribution >= 4 is 71.9 Å². The van der Waals surface area contributed by atoms with Crippen LogP contribution in [0.1, 0.15) is 45.8 Å². The van der Waals surface area contributed by atoms with Gasteiger partial charge in [-0.2, -0.15) is 5.10 Å². The lowest BCUT2D eigenvalue weighted by Crippen LogP contribution is -2.31. The molecule has 0 aliphatic rings. The van der Waals surface area contributed by atoms with Gasteiger partial charge in [-0.1, -0.05) is 43.5 Å². The number of nitrogens with zero attached hydrogens (tertiary/aromatic N) is 3. The molecule has 0 unspecified atom stereocenters. The van der Waals surface area contributed by atoms with E-state index in [4.69, 9.17) is 11.6 Å². The van der Waals surface area contributed by atoms with Crippen LogP contribution in [0.15, 0.2) is 51.5 Å². The highest BCUT2D eigenvalue weighted by Gasteiger charge is 2.25. The van der Waals surface area contributed by atoms with Crippen LogP contribution < -0.4 is 10.6 Å². The first-order valence-corrected chi connectivity index (χ1v) is 12.7. The quantitative estimate of drug-likeness (QED) is 0.263. The summed E-state index contributed by atoms with van der Waals surface area (Å²) in [7, 11) is 0. The van der Waals surface area contributed by atoms with E-state index in [0.29, 0.717) is 33.0 Å². The van der Waals surface area contributed by atoms with Crippen LogP contribution in [-0.4, -0.2) is 32.6 Å².